The maximum atomic E-state index is 12.3. The minimum absolute atomic E-state index is 0.0968. The van der Waals surface area contributed by atoms with Crippen molar-refractivity contribution >= 4 is 11.5 Å². The summed E-state index contributed by atoms with van der Waals surface area (Å²) in [5.74, 6) is 0.207. The quantitative estimate of drug-likeness (QED) is 0.845. The number of aromatic nitrogens is 2. The molecule has 0 aliphatic heterocycles. The van der Waals surface area contributed by atoms with Gasteiger partial charge in [0.15, 0.2) is 0 Å². The Morgan fingerprint density at radius 1 is 1.11 bits per heavy atom. The van der Waals surface area contributed by atoms with Gasteiger partial charge in [-0.25, -0.2) is 4.79 Å². The van der Waals surface area contributed by atoms with Crippen molar-refractivity contribution in [1.29, 1.82) is 0 Å². The summed E-state index contributed by atoms with van der Waals surface area (Å²) in [6, 6.07) is -0.298. The molecule has 0 bridgehead atoms. The molecule has 1 rings (SSSR count). The Bertz CT molecular complexity index is 540. The summed E-state index contributed by atoms with van der Waals surface area (Å²) in [4.78, 5) is 24.5. The number of nitrogens with zero attached hydrogens (tertiary/aromatic N) is 2. The van der Waals surface area contributed by atoms with Crippen molar-refractivity contribution in [3.05, 3.63) is 20.8 Å². The minimum atomic E-state index is -0.357. The number of nitrogen functional groups attached to an aromatic ring is 1. The van der Waals surface area contributed by atoms with Crippen LogP contribution in [0.4, 0.5) is 11.5 Å². The van der Waals surface area contributed by atoms with E-state index in [1.807, 2.05) is 20.8 Å². The summed E-state index contributed by atoms with van der Waals surface area (Å²) >= 11 is 0. The van der Waals surface area contributed by atoms with Crippen LogP contribution in [0, 0.1) is 0 Å². The van der Waals surface area contributed by atoms with Crippen LogP contribution in [-0.2, 0) is 0 Å². The third-order valence-corrected chi connectivity index (χ3v) is 2.75. The molecule has 0 radical (unpaired) electrons. The van der Waals surface area contributed by atoms with E-state index in [9.17, 15) is 9.59 Å². The smallest absolute Gasteiger partial charge is 0.333 e. The minimum Gasteiger partial charge on any atom is -0.383 e. The Kier molecular flexibility index (Phi) is 4.21. The molecule has 0 aromatic carbocycles. The topological polar surface area (TPSA) is 82.0 Å². The Hall–Kier alpha value is -1.72. The van der Waals surface area contributed by atoms with Crippen LogP contribution in [0.5, 0.6) is 0 Å². The average Bonchev–Trinajstić information content (AvgIpc) is 2.23. The van der Waals surface area contributed by atoms with Gasteiger partial charge in [0.1, 0.15) is 11.5 Å². The molecule has 18 heavy (non-hydrogen) atoms. The molecule has 3 N–H and O–H groups in total. The molecule has 1 heterocycles. The molecule has 0 fully saturated rings. The van der Waals surface area contributed by atoms with Gasteiger partial charge in [0.25, 0.3) is 5.56 Å². The fraction of sp³-hybridized carbons (Fsp3) is 0.667. The van der Waals surface area contributed by atoms with Gasteiger partial charge in [-0.2, -0.15) is 0 Å². The molecule has 1 aromatic rings. The molecule has 102 valence electrons. The first-order chi connectivity index (χ1) is 8.32. The first-order valence-corrected chi connectivity index (χ1v) is 6.23. The molecule has 6 nitrogen and oxygen atoms in total. The molecule has 0 unspecified atom stereocenters. The first-order valence-electron chi connectivity index (χ1n) is 6.23. The van der Waals surface area contributed by atoms with Gasteiger partial charge in [-0.05, 0) is 34.6 Å². The summed E-state index contributed by atoms with van der Waals surface area (Å²) in [6.07, 6.45) is 0. The predicted octanol–water partition coefficient (Wildman–Crippen LogP) is 1.19. The van der Waals surface area contributed by atoms with Crippen molar-refractivity contribution in [3.63, 3.8) is 0 Å². The van der Waals surface area contributed by atoms with Crippen molar-refractivity contribution in [3.8, 4) is 0 Å². The maximum Gasteiger partial charge on any atom is 0.333 e. The molecule has 0 amide bonds. The lowest BCUT2D eigenvalue weighted by molar-refractivity contribution is 0.480. The molecule has 0 spiro atoms. The maximum absolute atomic E-state index is 12.3. The van der Waals surface area contributed by atoms with Gasteiger partial charge in [-0.3, -0.25) is 13.9 Å². The van der Waals surface area contributed by atoms with Crippen LogP contribution in [0.15, 0.2) is 9.59 Å². The van der Waals surface area contributed by atoms with Crippen molar-refractivity contribution in [2.24, 2.45) is 0 Å². The van der Waals surface area contributed by atoms with Gasteiger partial charge in [0.05, 0.1) is 0 Å². The molecular formula is C12H22N4O2. The van der Waals surface area contributed by atoms with Crippen LogP contribution in [0.1, 0.15) is 46.7 Å². The lowest BCUT2D eigenvalue weighted by Gasteiger charge is -2.20. The molecule has 0 saturated carbocycles. The van der Waals surface area contributed by atoms with Gasteiger partial charge in [-0.15, -0.1) is 0 Å². The molecule has 0 aliphatic rings. The monoisotopic (exact) mass is 254 g/mol. The van der Waals surface area contributed by atoms with Gasteiger partial charge in [0.2, 0.25) is 0 Å². The number of anilines is 2. The fourth-order valence-corrected chi connectivity index (χ4v) is 1.95. The number of hydrogen-bond donors (Lipinski definition) is 2. The summed E-state index contributed by atoms with van der Waals surface area (Å²) in [7, 11) is 0. The predicted molar refractivity (Wildman–Crippen MR) is 74.3 cm³/mol. The van der Waals surface area contributed by atoms with E-state index in [1.54, 1.807) is 13.8 Å². The highest BCUT2D eigenvalue weighted by Crippen LogP contribution is 2.16. The average molecular weight is 254 g/mol. The number of rotatable bonds is 4. The molecule has 0 atom stereocenters. The first kappa shape index (κ1) is 14.3. The highest BCUT2D eigenvalue weighted by atomic mass is 16.2. The van der Waals surface area contributed by atoms with E-state index >= 15 is 0 Å². The second-order valence-corrected chi connectivity index (χ2v) is 4.81. The van der Waals surface area contributed by atoms with E-state index in [1.165, 1.54) is 9.13 Å². The normalized spacial score (nSPS) is 11.3. The van der Waals surface area contributed by atoms with Gasteiger partial charge in [-0.1, -0.05) is 0 Å². The van der Waals surface area contributed by atoms with Crippen LogP contribution in [-0.4, -0.2) is 15.7 Å². The van der Waals surface area contributed by atoms with E-state index in [0.29, 0.717) is 12.2 Å². The fourth-order valence-electron chi connectivity index (χ4n) is 1.95. The van der Waals surface area contributed by atoms with Crippen LogP contribution in [0.2, 0.25) is 0 Å². The molecular weight excluding hydrogens is 232 g/mol. The van der Waals surface area contributed by atoms with Crippen LogP contribution in [0.3, 0.4) is 0 Å². The van der Waals surface area contributed by atoms with Crippen molar-refractivity contribution < 1.29 is 0 Å². The van der Waals surface area contributed by atoms with Crippen LogP contribution >= 0.6 is 0 Å². The van der Waals surface area contributed by atoms with Crippen LogP contribution < -0.4 is 22.3 Å². The van der Waals surface area contributed by atoms with E-state index in [-0.39, 0.29) is 29.2 Å². The highest BCUT2D eigenvalue weighted by Gasteiger charge is 2.19. The molecule has 0 saturated heterocycles. The second kappa shape index (κ2) is 5.29. The zero-order chi connectivity index (χ0) is 14.0. The van der Waals surface area contributed by atoms with Crippen molar-refractivity contribution in [1.82, 2.24) is 9.13 Å². The summed E-state index contributed by atoms with van der Waals surface area (Å²) in [5.41, 5.74) is 5.52. The Labute approximate surface area is 106 Å². The summed E-state index contributed by atoms with van der Waals surface area (Å²) in [6.45, 7) is 9.79. The van der Waals surface area contributed by atoms with E-state index in [2.05, 4.69) is 5.32 Å². The highest BCUT2D eigenvalue weighted by molar-refractivity contribution is 5.60. The Morgan fingerprint density at radius 3 is 2.00 bits per heavy atom. The van der Waals surface area contributed by atoms with Gasteiger partial charge < -0.3 is 11.1 Å². The third-order valence-electron chi connectivity index (χ3n) is 2.75. The lowest BCUT2D eigenvalue weighted by Crippen LogP contribution is -2.43. The van der Waals surface area contributed by atoms with Gasteiger partial charge in [0, 0.05) is 18.6 Å². The SMILES string of the molecule is CCNc1c(N)n(C(C)C)c(=O)n(C(C)C)c1=O. The molecule has 0 aliphatic carbocycles. The number of nitrogens with two attached hydrogens (primary N) is 1. The summed E-state index contributed by atoms with van der Waals surface area (Å²) in [5, 5.41) is 2.94. The zero-order valence-electron chi connectivity index (χ0n) is 11.7. The van der Waals surface area contributed by atoms with E-state index in [4.69, 9.17) is 5.73 Å². The zero-order valence-corrected chi connectivity index (χ0v) is 11.7. The van der Waals surface area contributed by atoms with Gasteiger partial charge >= 0.3 is 5.69 Å². The largest absolute Gasteiger partial charge is 0.383 e. The van der Waals surface area contributed by atoms with E-state index in [0.717, 1.165) is 0 Å². The standard InChI is InChI=1S/C12H22N4O2/c1-6-14-9-10(13)15(7(2)3)12(18)16(8(4)5)11(9)17/h7-8,14H,6,13H2,1-5H3. The summed E-state index contributed by atoms with van der Waals surface area (Å²) < 4.78 is 2.67. The lowest BCUT2D eigenvalue weighted by atomic mass is 10.3. The number of nitrogens with one attached hydrogen (secondary N) is 1. The van der Waals surface area contributed by atoms with Crippen molar-refractivity contribution in [2.75, 3.05) is 17.6 Å². The van der Waals surface area contributed by atoms with E-state index < -0.39 is 0 Å². The Morgan fingerprint density at radius 2 is 1.61 bits per heavy atom. The van der Waals surface area contributed by atoms with Crippen molar-refractivity contribution in [2.45, 2.75) is 46.7 Å². The Balaban J connectivity index is 3.77. The third kappa shape index (κ3) is 2.27. The molecule has 6 heteroatoms. The number of hydrogen-bond acceptors (Lipinski definition) is 4. The second-order valence-electron chi connectivity index (χ2n) is 4.81. The van der Waals surface area contributed by atoms with Crippen LogP contribution in [0.25, 0.3) is 0 Å². The molecule has 1 aromatic heterocycles.